The summed E-state index contributed by atoms with van der Waals surface area (Å²) < 4.78 is 0. The van der Waals surface area contributed by atoms with Crippen molar-refractivity contribution in [3.63, 3.8) is 0 Å². The first kappa shape index (κ1) is 81.7. The standard InChI is InChI=1S/C75H110N12O13/c1-46(2)40-58-72(97)80(11)45-61(89)79-63(51(10)88)75(100)86(17)65(49(7)8)68(93)77-55(37-36-52-30-22-18-23-31-52)70(95)83(14)59(41-47(3)4)73(98)81(12)57(42-53-32-24-19-25-33-53)66(91)78-56(71(96)87-38-28-21-29-39-87)44-62(90)85(16)64(48(5)6)67(92)76-50(9)69(94)82(13)60(74(99)84(58)15)43-54-34-26-20-27-35-54/h18-20,22-27,30-35,46-49,51,55-60,63-65,88H,9,21,28-29,36-45H2,1-8,10-17H3,(H,76,92)(H,77,93)(H,78,91)(H,79,89)/t51-,55+,56+,57+,58+,59+,60+,63+,64+,65+/m1/s1. The molecule has 3 aromatic rings. The third-order valence-corrected chi connectivity index (χ3v) is 18.9. The first-order chi connectivity index (χ1) is 47.1. The number of likely N-dealkylation sites (tertiary alicyclic amines) is 1. The van der Waals surface area contributed by atoms with Crippen LogP contribution in [0, 0.1) is 23.7 Å². The molecule has 2 heterocycles. The highest BCUT2D eigenvalue weighted by atomic mass is 16.3. The molecule has 0 aliphatic carbocycles. The summed E-state index contributed by atoms with van der Waals surface area (Å²) >= 11 is 0. The SMILES string of the molecule is C=C1NC(=O)[C@H](C(C)C)N(C)C(=O)C[C@@H](C(=O)N2CCCCC2)NC(=O)[C@H](Cc2ccccc2)N(C)C(=O)[C@H](CC(C)C)N(C)C(=O)[C@H](CCc2ccccc2)NC(=O)[C@H](C(C)C)N(C)C(=O)[C@H]([C@@H](C)O)NC(=O)CN(C)C(=O)[C@H](CC(C)C)N(C)C(=O)[C@H](Cc2ccccc2)N(C)C1=O. The number of likely N-dealkylation sites (N-methyl/N-ethyl adjacent to an activating group) is 7. The van der Waals surface area contributed by atoms with Gasteiger partial charge in [-0.2, -0.15) is 0 Å². The van der Waals surface area contributed by atoms with Gasteiger partial charge in [-0.15, -0.1) is 0 Å². The highest BCUT2D eigenvalue weighted by molar-refractivity contribution is 6.02. The molecule has 0 bridgehead atoms. The van der Waals surface area contributed by atoms with Crippen molar-refractivity contribution in [2.24, 2.45) is 23.7 Å². The average molecular weight is 1390 g/mol. The van der Waals surface area contributed by atoms with Gasteiger partial charge < -0.3 is 65.6 Å². The predicted octanol–water partition coefficient (Wildman–Crippen LogP) is 3.81. The summed E-state index contributed by atoms with van der Waals surface area (Å²) in [6, 6.07) is 14.5. The zero-order valence-electron chi connectivity index (χ0n) is 61.6. The maximum Gasteiger partial charge on any atom is 0.270 e. The number of aryl methyl sites for hydroxylation is 1. The summed E-state index contributed by atoms with van der Waals surface area (Å²) in [7, 11) is 9.67. The monoisotopic (exact) mass is 1390 g/mol. The van der Waals surface area contributed by atoms with Gasteiger partial charge in [-0.05, 0) is 92.2 Å². The Labute approximate surface area is 591 Å². The molecule has 100 heavy (non-hydrogen) atoms. The maximum absolute atomic E-state index is 15.6. The summed E-state index contributed by atoms with van der Waals surface area (Å²) in [4.78, 5) is 189. The van der Waals surface area contributed by atoms with E-state index in [0.717, 1.165) is 31.6 Å². The van der Waals surface area contributed by atoms with Gasteiger partial charge in [0.15, 0.2) is 0 Å². The van der Waals surface area contributed by atoms with Gasteiger partial charge in [0.1, 0.15) is 54.4 Å². The molecule has 3 aromatic carbocycles. The van der Waals surface area contributed by atoms with E-state index in [1.807, 2.05) is 58.0 Å². The molecule has 2 saturated heterocycles. The lowest BCUT2D eigenvalue weighted by atomic mass is 9.96. The lowest BCUT2D eigenvalue weighted by Crippen LogP contribution is -2.62. The molecular formula is C75H110N12O13. The normalized spacial score (nSPS) is 24.3. The Morgan fingerprint density at radius 2 is 0.960 bits per heavy atom. The molecule has 10 atom stereocenters. The number of carbonyl (C=O) groups is 12. The number of amides is 12. The molecule has 0 saturated carbocycles. The quantitative estimate of drug-likeness (QED) is 0.136. The van der Waals surface area contributed by atoms with Crippen molar-refractivity contribution in [1.29, 1.82) is 0 Å². The predicted molar refractivity (Wildman–Crippen MR) is 380 cm³/mol. The molecule has 0 radical (unpaired) electrons. The van der Waals surface area contributed by atoms with Gasteiger partial charge in [0, 0.05) is 75.3 Å². The van der Waals surface area contributed by atoms with Crippen LogP contribution in [0.4, 0.5) is 0 Å². The number of nitrogens with zero attached hydrogens (tertiary/aromatic N) is 8. The number of rotatable bonds is 15. The third kappa shape index (κ3) is 22.2. The first-order valence-corrected chi connectivity index (χ1v) is 34.9. The Hall–Kier alpha value is -9.00. The van der Waals surface area contributed by atoms with Crippen molar-refractivity contribution < 1.29 is 62.6 Å². The fourth-order valence-electron chi connectivity index (χ4n) is 13.1. The van der Waals surface area contributed by atoms with Gasteiger partial charge in [-0.1, -0.05) is 153 Å². The Balaban J connectivity index is 1.69. The fourth-order valence-corrected chi connectivity index (χ4v) is 13.1. The van der Waals surface area contributed by atoms with Gasteiger partial charge in [-0.3, -0.25) is 57.5 Å². The lowest BCUT2D eigenvalue weighted by molar-refractivity contribution is -0.151. The molecule has 25 nitrogen and oxygen atoms in total. The van der Waals surface area contributed by atoms with Crippen LogP contribution < -0.4 is 21.3 Å². The van der Waals surface area contributed by atoms with Crippen LogP contribution in [-0.4, -0.2) is 245 Å². The maximum atomic E-state index is 15.6. The average Bonchev–Trinajstić information content (AvgIpc) is 0.820. The van der Waals surface area contributed by atoms with E-state index >= 15 is 24.0 Å². The van der Waals surface area contributed by atoms with Crippen molar-refractivity contribution in [1.82, 2.24) is 60.5 Å². The van der Waals surface area contributed by atoms with Crippen LogP contribution in [0.1, 0.15) is 124 Å². The Bertz CT molecular complexity index is 3330. The Kier molecular flexibility index (Phi) is 31.0. The topological polar surface area (TPSA) is 299 Å². The van der Waals surface area contributed by atoms with Gasteiger partial charge in [0.25, 0.3) is 5.91 Å². The highest BCUT2D eigenvalue weighted by Gasteiger charge is 2.44. The second kappa shape index (κ2) is 38.0. The lowest BCUT2D eigenvalue weighted by Gasteiger charge is -2.38. The Morgan fingerprint density at radius 3 is 1.46 bits per heavy atom. The van der Waals surface area contributed by atoms with E-state index in [1.54, 1.807) is 93.3 Å². The van der Waals surface area contributed by atoms with Crippen molar-refractivity contribution >= 4 is 70.9 Å². The molecule has 5 N–H and O–H groups in total. The molecular weight excluding hydrogens is 1280 g/mol. The van der Waals surface area contributed by atoms with E-state index in [-0.39, 0.29) is 50.4 Å². The van der Waals surface area contributed by atoms with Crippen LogP contribution in [0.15, 0.2) is 103 Å². The molecule has 2 aliphatic rings. The number of carbonyl (C=O) groups excluding carboxylic acids is 12. The Morgan fingerprint density at radius 1 is 0.500 bits per heavy atom. The van der Waals surface area contributed by atoms with Crippen molar-refractivity contribution in [3.8, 4) is 0 Å². The number of nitrogens with one attached hydrogen (secondary N) is 4. The van der Waals surface area contributed by atoms with Crippen LogP contribution in [-0.2, 0) is 76.8 Å². The third-order valence-electron chi connectivity index (χ3n) is 18.9. The molecule has 2 aliphatic heterocycles. The largest absolute Gasteiger partial charge is 0.391 e. The van der Waals surface area contributed by atoms with Crippen LogP contribution >= 0.6 is 0 Å². The number of benzene rings is 3. The summed E-state index contributed by atoms with van der Waals surface area (Å²) in [5.74, 6) is -10.8. The van der Waals surface area contributed by atoms with E-state index in [9.17, 15) is 38.7 Å². The van der Waals surface area contributed by atoms with Gasteiger partial charge >= 0.3 is 0 Å². The van der Waals surface area contributed by atoms with E-state index in [2.05, 4.69) is 27.8 Å². The van der Waals surface area contributed by atoms with Gasteiger partial charge in [0.05, 0.1) is 24.8 Å². The van der Waals surface area contributed by atoms with Gasteiger partial charge in [-0.25, -0.2) is 0 Å². The summed E-state index contributed by atoms with van der Waals surface area (Å²) in [5, 5.41) is 22.2. The van der Waals surface area contributed by atoms with Crippen LogP contribution in [0.5, 0.6) is 0 Å². The second-order valence-corrected chi connectivity index (χ2v) is 28.5. The molecule has 0 unspecified atom stereocenters. The van der Waals surface area contributed by atoms with Crippen molar-refractivity contribution in [2.75, 3.05) is 69.0 Å². The molecule has 25 heteroatoms. The van der Waals surface area contributed by atoms with E-state index in [1.165, 1.54) is 71.0 Å². The summed E-state index contributed by atoms with van der Waals surface area (Å²) in [6.45, 7) is 19.3. The highest BCUT2D eigenvalue weighted by Crippen LogP contribution is 2.24. The zero-order chi connectivity index (χ0) is 74.6. The molecule has 0 aromatic heterocycles. The van der Waals surface area contributed by atoms with Crippen LogP contribution in [0.3, 0.4) is 0 Å². The summed E-state index contributed by atoms with van der Waals surface area (Å²) in [6.07, 6.45) is 0.281. The number of piperidine rings is 1. The van der Waals surface area contributed by atoms with Gasteiger partial charge in [0.2, 0.25) is 65.0 Å². The number of hydrogen-bond acceptors (Lipinski definition) is 13. The van der Waals surface area contributed by atoms with E-state index in [4.69, 9.17) is 0 Å². The minimum atomic E-state index is -1.67. The molecule has 0 spiro atoms. The first-order valence-electron chi connectivity index (χ1n) is 34.9. The van der Waals surface area contributed by atoms with Crippen LogP contribution in [0.25, 0.3) is 0 Å². The number of hydrogen-bond donors (Lipinski definition) is 5. The van der Waals surface area contributed by atoms with Crippen LogP contribution in [0.2, 0.25) is 0 Å². The second-order valence-electron chi connectivity index (χ2n) is 28.5. The number of aliphatic hydroxyl groups is 1. The van der Waals surface area contributed by atoms with Crippen molar-refractivity contribution in [3.05, 3.63) is 120 Å². The zero-order valence-corrected chi connectivity index (χ0v) is 61.6. The fraction of sp³-hybridized carbons (Fsp3) is 0.573. The van der Waals surface area contributed by atoms with E-state index < -0.39 is 162 Å². The smallest absolute Gasteiger partial charge is 0.270 e. The minimum Gasteiger partial charge on any atom is -0.391 e. The molecule has 5 rings (SSSR count). The number of aliphatic hydroxyl groups excluding tert-OH is 1. The van der Waals surface area contributed by atoms with Crippen molar-refractivity contribution in [2.45, 2.75) is 187 Å². The molecule has 2 fully saturated rings. The minimum absolute atomic E-state index is 0.0165. The van der Waals surface area contributed by atoms with E-state index in [0.29, 0.717) is 37.1 Å². The summed E-state index contributed by atoms with van der Waals surface area (Å²) in [5.41, 5.74) is 1.63. The molecule has 548 valence electrons. The molecule has 12 amide bonds.